The molecule has 3 heterocycles. The first kappa shape index (κ1) is 19.4. The third kappa shape index (κ3) is 4.46. The van der Waals surface area contributed by atoms with Gasteiger partial charge in [0.15, 0.2) is 0 Å². The Balaban J connectivity index is 1.37. The Kier molecular flexibility index (Phi) is 5.28. The molecule has 5 rings (SSSR count). The van der Waals surface area contributed by atoms with Crippen LogP contribution < -0.4 is 10.1 Å². The number of aryl methyl sites for hydroxylation is 1. The highest BCUT2D eigenvalue weighted by atomic mass is 16.5. The van der Waals surface area contributed by atoms with Gasteiger partial charge in [0.1, 0.15) is 17.2 Å². The number of ether oxygens (including phenoxy) is 1. The minimum absolute atomic E-state index is 0.713. The Morgan fingerprint density at radius 3 is 2.53 bits per heavy atom. The van der Waals surface area contributed by atoms with E-state index in [1.807, 2.05) is 85.9 Å². The lowest BCUT2D eigenvalue weighted by Crippen LogP contribution is -1.95. The van der Waals surface area contributed by atoms with Gasteiger partial charge >= 0.3 is 0 Å². The lowest BCUT2D eigenvalue weighted by Gasteiger charge is -2.08. The zero-order chi connectivity index (χ0) is 21.8. The van der Waals surface area contributed by atoms with Crippen molar-refractivity contribution in [3.63, 3.8) is 0 Å². The molecular weight excluding hydrogens is 400 g/mol. The van der Waals surface area contributed by atoms with Gasteiger partial charge in [-0.25, -0.2) is 4.68 Å². The normalized spacial score (nSPS) is 10.7. The number of benzene rings is 2. The molecule has 0 aliphatic heterocycles. The van der Waals surface area contributed by atoms with Crippen LogP contribution in [0.5, 0.6) is 11.5 Å². The molecular formula is C25H20N6O. The van der Waals surface area contributed by atoms with E-state index < -0.39 is 0 Å². The summed E-state index contributed by atoms with van der Waals surface area (Å²) in [5.41, 5.74) is 5.53. The molecule has 0 radical (unpaired) electrons. The highest BCUT2D eigenvalue weighted by Gasteiger charge is 2.08. The topological polar surface area (TPSA) is 77.8 Å². The molecule has 7 nitrogen and oxygen atoms in total. The van der Waals surface area contributed by atoms with Gasteiger partial charge in [-0.1, -0.05) is 23.4 Å². The summed E-state index contributed by atoms with van der Waals surface area (Å²) >= 11 is 0. The monoisotopic (exact) mass is 420 g/mol. The van der Waals surface area contributed by atoms with Crippen LogP contribution in [0.25, 0.3) is 16.9 Å². The molecule has 3 aromatic heterocycles. The van der Waals surface area contributed by atoms with E-state index in [1.165, 1.54) is 0 Å². The molecule has 0 bridgehead atoms. The largest absolute Gasteiger partial charge is 0.457 e. The van der Waals surface area contributed by atoms with Gasteiger partial charge in [-0.2, -0.15) is 0 Å². The van der Waals surface area contributed by atoms with Crippen molar-refractivity contribution in [1.82, 2.24) is 25.0 Å². The third-order valence-electron chi connectivity index (χ3n) is 4.80. The van der Waals surface area contributed by atoms with Crippen LogP contribution in [-0.2, 0) is 0 Å². The van der Waals surface area contributed by atoms with Crippen LogP contribution in [0.15, 0.2) is 97.6 Å². The number of aromatic nitrogens is 5. The molecule has 7 heteroatoms. The predicted molar refractivity (Wildman–Crippen MR) is 123 cm³/mol. The lowest BCUT2D eigenvalue weighted by atomic mass is 10.1. The predicted octanol–water partition coefficient (Wildman–Crippen LogP) is 5.57. The van der Waals surface area contributed by atoms with Gasteiger partial charge in [0.05, 0.1) is 11.9 Å². The van der Waals surface area contributed by atoms with Gasteiger partial charge < -0.3 is 10.1 Å². The second-order valence-electron chi connectivity index (χ2n) is 7.22. The highest BCUT2D eigenvalue weighted by Crippen LogP contribution is 2.26. The number of rotatable bonds is 6. The van der Waals surface area contributed by atoms with Crippen molar-refractivity contribution in [2.24, 2.45) is 0 Å². The lowest BCUT2D eigenvalue weighted by molar-refractivity contribution is 0.481. The average molecular weight is 420 g/mol. The van der Waals surface area contributed by atoms with E-state index in [9.17, 15) is 0 Å². The van der Waals surface area contributed by atoms with Crippen molar-refractivity contribution in [2.75, 3.05) is 5.32 Å². The molecule has 1 N–H and O–H groups in total. The van der Waals surface area contributed by atoms with E-state index >= 15 is 0 Å². The van der Waals surface area contributed by atoms with Crippen LogP contribution in [0.1, 0.15) is 5.69 Å². The maximum Gasteiger partial charge on any atom is 0.130 e. The molecule has 0 saturated carbocycles. The van der Waals surface area contributed by atoms with Crippen molar-refractivity contribution < 1.29 is 4.74 Å². The van der Waals surface area contributed by atoms with Crippen LogP contribution in [0, 0.1) is 6.92 Å². The summed E-state index contributed by atoms with van der Waals surface area (Å²) in [5, 5.41) is 12.1. The first-order chi connectivity index (χ1) is 15.7. The van der Waals surface area contributed by atoms with E-state index in [0.717, 1.165) is 39.8 Å². The van der Waals surface area contributed by atoms with Crippen molar-refractivity contribution in [3.8, 4) is 28.4 Å². The fourth-order valence-electron chi connectivity index (χ4n) is 3.30. The van der Waals surface area contributed by atoms with E-state index in [2.05, 4.69) is 25.6 Å². The number of hydrogen-bond acceptors (Lipinski definition) is 6. The molecule has 2 aromatic carbocycles. The van der Waals surface area contributed by atoms with Crippen LogP contribution in [0.3, 0.4) is 0 Å². The average Bonchev–Trinajstić information content (AvgIpc) is 3.31. The summed E-state index contributed by atoms with van der Waals surface area (Å²) in [6.45, 7) is 1.97. The Morgan fingerprint density at radius 1 is 0.812 bits per heavy atom. The maximum atomic E-state index is 5.90. The first-order valence-corrected chi connectivity index (χ1v) is 10.1. The van der Waals surface area contributed by atoms with Gasteiger partial charge in [-0.3, -0.25) is 9.97 Å². The third-order valence-corrected chi connectivity index (χ3v) is 4.80. The van der Waals surface area contributed by atoms with Gasteiger partial charge in [-0.05, 0) is 55.5 Å². The van der Waals surface area contributed by atoms with Gasteiger partial charge in [0, 0.05) is 47.3 Å². The zero-order valence-corrected chi connectivity index (χ0v) is 17.4. The Hall–Kier alpha value is -4.52. The van der Waals surface area contributed by atoms with Crippen molar-refractivity contribution in [1.29, 1.82) is 0 Å². The summed E-state index contributed by atoms with van der Waals surface area (Å²) in [4.78, 5) is 8.24. The number of pyridine rings is 2. The zero-order valence-electron chi connectivity index (χ0n) is 17.4. The minimum Gasteiger partial charge on any atom is -0.457 e. The van der Waals surface area contributed by atoms with Crippen molar-refractivity contribution in [2.45, 2.75) is 6.92 Å². The maximum absolute atomic E-state index is 5.90. The van der Waals surface area contributed by atoms with Crippen molar-refractivity contribution in [3.05, 3.63) is 103 Å². The van der Waals surface area contributed by atoms with E-state index in [0.29, 0.717) is 5.75 Å². The molecule has 0 unspecified atom stereocenters. The van der Waals surface area contributed by atoms with Crippen LogP contribution in [0.4, 0.5) is 11.4 Å². The smallest absolute Gasteiger partial charge is 0.130 e. The summed E-state index contributed by atoms with van der Waals surface area (Å²) in [5.74, 6) is 1.44. The van der Waals surface area contributed by atoms with Crippen molar-refractivity contribution >= 4 is 11.4 Å². The SMILES string of the molecule is Cc1cc(Nc2cccc(-c3cn(-c4cccc(Oc5ccncc5)c4)nn3)c2)ccn1. The summed E-state index contributed by atoms with van der Waals surface area (Å²) in [6.07, 6.45) is 7.09. The summed E-state index contributed by atoms with van der Waals surface area (Å²) in [6, 6.07) is 23.4. The molecule has 32 heavy (non-hydrogen) atoms. The van der Waals surface area contributed by atoms with E-state index in [-0.39, 0.29) is 0 Å². The fraction of sp³-hybridized carbons (Fsp3) is 0.0400. The number of nitrogens with zero attached hydrogens (tertiary/aromatic N) is 5. The number of hydrogen-bond donors (Lipinski definition) is 1. The molecule has 156 valence electrons. The molecule has 0 atom stereocenters. The number of nitrogens with one attached hydrogen (secondary N) is 1. The van der Waals surface area contributed by atoms with E-state index in [1.54, 1.807) is 23.3 Å². The molecule has 0 saturated heterocycles. The standard InChI is InChI=1S/C25H20N6O/c1-18-14-21(8-13-27-18)28-20-5-2-4-19(15-20)25-17-31(30-29-25)22-6-3-7-24(16-22)32-23-9-11-26-12-10-23/h2-17H,1H3,(H,27,28). The summed E-state index contributed by atoms with van der Waals surface area (Å²) < 4.78 is 7.64. The van der Waals surface area contributed by atoms with Gasteiger partial charge in [0.25, 0.3) is 0 Å². The molecule has 0 spiro atoms. The number of anilines is 2. The minimum atomic E-state index is 0.713. The molecule has 5 aromatic rings. The Morgan fingerprint density at radius 2 is 1.66 bits per heavy atom. The van der Waals surface area contributed by atoms with Gasteiger partial charge in [0.2, 0.25) is 0 Å². The molecule has 0 aliphatic rings. The van der Waals surface area contributed by atoms with Crippen LogP contribution >= 0.6 is 0 Å². The van der Waals surface area contributed by atoms with E-state index in [4.69, 9.17) is 4.74 Å². The second kappa shape index (κ2) is 8.69. The fourth-order valence-corrected chi connectivity index (χ4v) is 3.30. The second-order valence-corrected chi connectivity index (χ2v) is 7.22. The van der Waals surface area contributed by atoms with Crippen LogP contribution in [-0.4, -0.2) is 25.0 Å². The molecule has 0 aliphatic carbocycles. The molecule has 0 amide bonds. The highest BCUT2D eigenvalue weighted by molar-refractivity contribution is 5.68. The quantitative estimate of drug-likeness (QED) is 0.387. The summed E-state index contributed by atoms with van der Waals surface area (Å²) in [7, 11) is 0. The van der Waals surface area contributed by atoms with Gasteiger partial charge in [-0.15, -0.1) is 5.10 Å². The first-order valence-electron chi connectivity index (χ1n) is 10.1. The Bertz CT molecular complexity index is 1350. The van der Waals surface area contributed by atoms with Crippen LogP contribution in [0.2, 0.25) is 0 Å². The molecule has 0 fully saturated rings. The Labute approximate surface area is 185 Å².